The molecule has 6 aromatic rings. The van der Waals surface area contributed by atoms with Gasteiger partial charge in [0.25, 0.3) is 0 Å². The highest BCUT2D eigenvalue weighted by molar-refractivity contribution is 5.97. The summed E-state index contributed by atoms with van der Waals surface area (Å²) in [6, 6.07) is 18.5. The maximum absolute atomic E-state index is 14.9. The topological polar surface area (TPSA) is 382 Å². The maximum Gasteiger partial charge on any atom is 0.326 e. The Balaban J connectivity index is 1.02. The Hall–Kier alpha value is -10.6. The van der Waals surface area contributed by atoms with E-state index in [1.807, 2.05) is 6.92 Å². The smallest absolute Gasteiger partial charge is 0.326 e. The number of benzene rings is 4. The Morgan fingerprint density at radius 3 is 1.31 bits per heavy atom. The number of amides is 8. The van der Waals surface area contributed by atoms with Crippen molar-refractivity contribution in [3.8, 4) is 11.5 Å². The first-order valence-corrected chi connectivity index (χ1v) is 33.0. The second kappa shape index (κ2) is 33.4. The van der Waals surface area contributed by atoms with Crippen LogP contribution in [-0.2, 0) is 86.8 Å². The molecule has 12 bridgehead atoms. The number of aromatic nitrogens is 6. The van der Waals surface area contributed by atoms with Crippen LogP contribution in [0.5, 0.6) is 11.5 Å². The maximum atomic E-state index is 14.9. The van der Waals surface area contributed by atoms with Crippen molar-refractivity contribution < 1.29 is 67.6 Å². The van der Waals surface area contributed by atoms with Gasteiger partial charge in [-0.15, -0.1) is 10.2 Å². The standard InChI is InChI=1S/C69H85N15O14/c1-7-40(4)60(85)71-52(8-2)66(91)81-36-48-32-58(81)64(89)73-54(28-42-16-12-10-13-17-42)62(87)75-56(68(93)94)30-44-22-26-51(27-23-44)98-39-47-35-84(80-78-47)49-33-59(82(37-49)67(92)53(9-3)72-61(86)41(5)70-6)65(90)74-55(29-43-18-14-11-15-19-43)63(88)76-57(69(95)96)31-45-20-24-50(25-21-45)97-38-46-34-83(48)79-77-46/h10-27,34-35,40-41,48-49,52-59,70H,7-9,28-33,36-39H2,1-6H3,(H,71,85)(H,72,86)(H,73,89)(H,74,90)(H,75,87)(H,76,88)(H,93,94)(H,95,96)/t40-,41+,48+,49+,52+,53+,54+,55+,56+,57+,58+,59+/m1/s1. The molecule has 12 atom stereocenters. The fourth-order valence-electron chi connectivity index (χ4n) is 11.9. The molecule has 0 unspecified atom stereocenters. The first kappa shape index (κ1) is 71.7. The lowest BCUT2D eigenvalue weighted by Gasteiger charge is -2.30. The van der Waals surface area contributed by atoms with Gasteiger partial charge in [0.15, 0.2) is 0 Å². The van der Waals surface area contributed by atoms with E-state index < -0.39 is 126 Å². The molecule has 0 radical (unpaired) electrons. The first-order chi connectivity index (χ1) is 47.1. The van der Waals surface area contributed by atoms with Crippen molar-refractivity contribution >= 4 is 59.2 Å². The minimum atomic E-state index is -1.48. The Kier molecular flexibility index (Phi) is 24.4. The van der Waals surface area contributed by atoms with E-state index in [4.69, 9.17) is 9.47 Å². The van der Waals surface area contributed by atoms with Crippen molar-refractivity contribution in [2.75, 3.05) is 20.1 Å². The van der Waals surface area contributed by atoms with E-state index in [1.165, 1.54) is 19.2 Å². The van der Waals surface area contributed by atoms with Crippen LogP contribution in [0.3, 0.4) is 0 Å². The van der Waals surface area contributed by atoms with Gasteiger partial charge in [-0.3, -0.25) is 38.4 Å². The van der Waals surface area contributed by atoms with Gasteiger partial charge in [0.2, 0.25) is 47.3 Å². The lowest BCUT2D eigenvalue weighted by Crippen LogP contribution is -2.58. The summed E-state index contributed by atoms with van der Waals surface area (Å²) in [6.07, 6.45) is 3.58. The van der Waals surface area contributed by atoms with Crippen molar-refractivity contribution in [2.24, 2.45) is 5.92 Å². The van der Waals surface area contributed by atoms with Crippen molar-refractivity contribution in [3.63, 3.8) is 0 Å². The van der Waals surface area contributed by atoms with E-state index in [0.717, 1.165) is 0 Å². The number of carboxylic acid groups (broad SMARTS) is 2. The number of likely N-dealkylation sites (tertiary alicyclic amines) is 2. The molecule has 8 heterocycles. The van der Waals surface area contributed by atoms with Gasteiger partial charge >= 0.3 is 11.9 Å². The zero-order chi connectivity index (χ0) is 70.2. The monoisotopic (exact) mass is 1350 g/mol. The summed E-state index contributed by atoms with van der Waals surface area (Å²) in [7, 11) is 1.60. The summed E-state index contributed by atoms with van der Waals surface area (Å²) in [6.45, 7) is 8.36. The SMILES string of the molecule is CC[C@@H](C)C(=O)N[C@@H](CC)C(=O)N1C[C@@H]2C[C@H]1C(=O)N[C@@H](Cc1ccccc1)C(=O)N[C@H](C(=O)O)Cc1ccc(cc1)OCc1cn(nn1)[C@H]1C[C@@H](C(=O)N[C@@H](Cc3ccccc3)C(=O)N[C@H](C(=O)O)Cc3ccc(cc3)OCc3cn2nn3)N(C(=O)[C@H](CC)NC(=O)[C@H](C)NC)C1. The molecule has 0 saturated carbocycles. The quantitative estimate of drug-likeness (QED) is 0.0670. The van der Waals surface area contributed by atoms with E-state index in [1.54, 1.807) is 156 Å². The molecule has 6 aliphatic rings. The fraction of sp³-hybridized carbons (Fsp3) is 0.449. The Morgan fingerprint density at radius 2 is 0.939 bits per heavy atom. The van der Waals surface area contributed by atoms with Crippen molar-refractivity contribution in [1.82, 2.24) is 77.0 Å². The van der Waals surface area contributed by atoms with Gasteiger partial charge in [0.1, 0.15) is 84.4 Å². The highest BCUT2D eigenvalue weighted by Crippen LogP contribution is 2.31. The largest absolute Gasteiger partial charge is 0.487 e. The van der Waals surface area contributed by atoms with Crippen molar-refractivity contribution in [1.29, 1.82) is 0 Å². The van der Waals surface area contributed by atoms with Crippen LogP contribution >= 0.6 is 0 Å². The van der Waals surface area contributed by atoms with Crippen LogP contribution in [0, 0.1) is 5.92 Å². The number of likely N-dealkylation sites (N-methyl/N-ethyl adjacent to an activating group) is 1. The first-order valence-electron chi connectivity index (χ1n) is 33.0. The number of nitrogens with one attached hydrogen (secondary N) is 7. The summed E-state index contributed by atoms with van der Waals surface area (Å²) in [5.41, 5.74) is 3.01. The third kappa shape index (κ3) is 18.5. The average molecular weight is 1350 g/mol. The lowest BCUT2D eigenvalue weighted by atomic mass is 10.0. The number of carboxylic acids is 2. The summed E-state index contributed by atoms with van der Waals surface area (Å²) in [5.74, 6) is -7.31. The van der Waals surface area contributed by atoms with Gasteiger partial charge in [-0.2, -0.15) is 0 Å². The number of ether oxygens (including phenoxy) is 2. The molecule has 0 aliphatic carbocycles. The minimum absolute atomic E-state index is 0.00257. The normalized spacial score (nSPS) is 22.4. The molecular formula is C69H85N15O14. The molecule has 29 heteroatoms. The number of hydrogen-bond donors (Lipinski definition) is 9. The van der Waals surface area contributed by atoms with Crippen molar-refractivity contribution in [3.05, 3.63) is 155 Å². The molecule has 98 heavy (non-hydrogen) atoms. The van der Waals surface area contributed by atoms with Crippen LogP contribution in [0.25, 0.3) is 0 Å². The van der Waals surface area contributed by atoms with Crippen LogP contribution in [-0.4, -0.2) is 184 Å². The molecule has 9 N–H and O–H groups in total. The zero-order valence-corrected chi connectivity index (χ0v) is 55.5. The van der Waals surface area contributed by atoms with E-state index in [9.17, 15) is 58.2 Å². The summed E-state index contributed by atoms with van der Waals surface area (Å²) in [4.78, 5) is 143. The minimum Gasteiger partial charge on any atom is -0.487 e. The highest BCUT2D eigenvalue weighted by Gasteiger charge is 2.46. The lowest BCUT2D eigenvalue weighted by molar-refractivity contribution is -0.143. The molecule has 12 rings (SSSR count). The molecule has 0 spiro atoms. The molecule has 4 aromatic carbocycles. The van der Waals surface area contributed by atoms with Crippen LogP contribution in [0.4, 0.5) is 0 Å². The molecule has 8 amide bonds. The van der Waals surface area contributed by atoms with Crippen LogP contribution < -0.4 is 46.7 Å². The van der Waals surface area contributed by atoms with E-state index >= 15 is 0 Å². The Morgan fingerprint density at radius 1 is 0.541 bits per heavy atom. The third-order valence-electron chi connectivity index (χ3n) is 18.1. The average Bonchev–Trinajstić information content (AvgIpc) is 1.64. The Bertz CT molecular complexity index is 3540. The van der Waals surface area contributed by atoms with Gasteiger partial charge in [0.05, 0.1) is 30.5 Å². The zero-order valence-electron chi connectivity index (χ0n) is 55.5. The van der Waals surface area contributed by atoms with Crippen LogP contribution in [0.1, 0.15) is 112 Å². The summed E-state index contributed by atoms with van der Waals surface area (Å²) >= 11 is 0. The van der Waals surface area contributed by atoms with E-state index in [-0.39, 0.29) is 83.6 Å². The van der Waals surface area contributed by atoms with E-state index in [2.05, 4.69) is 57.8 Å². The predicted molar refractivity (Wildman–Crippen MR) is 353 cm³/mol. The molecular weight excluding hydrogens is 1260 g/mol. The van der Waals surface area contributed by atoms with Crippen LogP contribution in [0.2, 0.25) is 0 Å². The number of carbonyl (C=O) groups excluding carboxylic acids is 8. The third-order valence-corrected chi connectivity index (χ3v) is 18.1. The van der Waals surface area contributed by atoms with Crippen LogP contribution in [0.15, 0.2) is 122 Å². The second-order valence-electron chi connectivity index (χ2n) is 25.0. The van der Waals surface area contributed by atoms with Gasteiger partial charge in [-0.1, -0.05) is 123 Å². The highest BCUT2D eigenvalue weighted by atomic mass is 16.5. The molecule has 29 nitrogen and oxygen atoms in total. The number of hydrogen-bond acceptors (Lipinski definition) is 17. The Labute approximate surface area is 566 Å². The van der Waals surface area contributed by atoms with Gasteiger partial charge in [-0.05, 0) is 79.8 Å². The number of rotatable bonds is 16. The molecule has 2 saturated heterocycles. The number of aliphatic carboxylic acids is 2. The van der Waals surface area contributed by atoms with Gasteiger partial charge in [0, 0.05) is 57.5 Å². The van der Waals surface area contributed by atoms with E-state index in [0.29, 0.717) is 51.6 Å². The van der Waals surface area contributed by atoms with Gasteiger partial charge < -0.3 is 66.7 Å². The molecule has 6 aliphatic heterocycles. The number of carbonyl (C=O) groups is 10. The van der Waals surface area contributed by atoms with Gasteiger partial charge in [-0.25, -0.2) is 19.0 Å². The summed E-state index contributed by atoms with van der Waals surface area (Å²) in [5, 5.41) is 58.0. The fourth-order valence-corrected chi connectivity index (χ4v) is 11.9. The predicted octanol–water partition coefficient (Wildman–Crippen LogP) is 2.15. The molecule has 2 fully saturated rings. The second-order valence-corrected chi connectivity index (χ2v) is 25.0. The number of nitrogens with zero attached hydrogens (tertiary/aromatic N) is 8. The van der Waals surface area contributed by atoms with Crippen molar-refractivity contribution in [2.45, 2.75) is 172 Å². The summed E-state index contributed by atoms with van der Waals surface area (Å²) < 4.78 is 15.2. The molecule has 2 aromatic heterocycles. The molecule has 520 valence electrons.